The number of anilines is 1. The molecule has 168 valence electrons. The molecule has 2 heterocycles. The highest BCUT2D eigenvalue weighted by Gasteiger charge is 2.56. The van der Waals surface area contributed by atoms with Crippen molar-refractivity contribution in [2.75, 3.05) is 11.5 Å². The number of nitrogens with one attached hydrogen (secondary N) is 2. The van der Waals surface area contributed by atoms with Gasteiger partial charge in [0.15, 0.2) is 0 Å². The van der Waals surface area contributed by atoms with Crippen LogP contribution in [0.2, 0.25) is 0 Å². The molecule has 4 atom stereocenters. The van der Waals surface area contributed by atoms with E-state index in [9.17, 15) is 14.7 Å². The molecule has 4 unspecified atom stereocenters. The molecular weight excluding hydrogens is 418 g/mol. The highest BCUT2D eigenvalue weighted by atomic mass is 16.5. The number of benzene rings is 3. The van der Waals surface area contributed by atoms with Gasteiger partial charge in [-0.05, 0) is 54.4 Å². The van der Waals surface area contributed by atoms with E-state index in [4.69, 9.17) is 4.74 Å². The Morgan fingerprint density at radius 1 is 0.939 bits per heavy atom. The molecule has 33 heavy (non-hydrogen) atoms. The molecular formula is C26H25N3O4. The van der Waals surface area contributed by atoms with Crippen LogP contribution in [-0.4, -0.2) is 29.6 Å². The summed E-state index contributed by atoms with van der Waals surface area (Å²) in [6.45, 7) is 2.06. The maximum Gasteiger partial charge on any atom is 0.338 e. The van der Waals surface area contributed by atoms with Gasteiger partial charge >= 0.3 is 5.97 Å². The molecule has 0 spiro atoms. The van der Waals surface area contributed by atoms with E-state index in [0.29, 0.717) is 17.9 Å². The summed E-state index contributed by atoms with van der Waals surface area (Å²) in [5.74, 6) is -0.431. The fourth-order valence-corrected chi connectivity index (χ4v) is 4.92. The smallest absolute Gasteiger partial charge is 0.338 e. The second-order valence-corrected chi connectivity index (χ2v) is 8.25. The number of rotatable bonds is 5. The number of ether oxygens (including phenoxy) is 1. The van der Waals surface area contributed by atoms with Gasteiger partial charge in [0.25, 0.3) is 0 Å². The van der Waals surface area contributed by atoms with Gasteiger partial charge in [0, 0.05) is 11.6 Å². The van der Waals surface area contributed by atoms with Crippen LogP contribution < -0.4 is 15.8 Å². The summed E-state index contributed by atoms with van der Waals surface area (Å²) in [7, 11) is 0. The Kier molecular flexibility index (Phi) is 5.58. The fourth-order valence-electron chi connectivity index (χ4n) is 4.92. The zero-order valence-corrected chi connectivity index (χ0v) is 18.1. The second-order valence-electron chi connectivity index (χ2n) is 8.25. The van der Waals surface area contributed by atoms with Gasteiger partial charge in [-0.2, -0.15) is 0 Å². The minimum absolute atomic E-state index is 0.0665. The number of hydrogen-bond acceptors (Lipinski definition) is 6. The first-order valence-electron chi connectivity index (χ1n) is 11.0. The topological polar surface area (TPSA) is 90.9 Å². The average Bonchev–Trinajstić information content (AvgIpc) is 3.39. The van der Waals surface area contributed by atoms with Crippen LogP contribution in [0.15, 0.2) is 78.9 Å². The summed E-state index contributed by atoms with van der Waals surface area (Å²) in [5, 5.41) is 10.2. The molecule has 3 aromatic rings. The minimum atomic E-state index is -0.438. The summed E-state index contributed by atoms with van der Waals surface area (Å²) in [5.41, 5.74) is 9.55. The maximum atomic E-state index is 13.6. The first kappa shape index (κ1) is 21.2. The molecule has 5 rings (SSSR count). The molecule has 7 nitrogen and oxygen atoms in total. The quantitative estimate of drug-likeness (QED) is 0.523. The Bertz CT molecular complexity index is 1170. The number of carbonyl (C=O) groups is 2. The van der Waals surface area contributed by atoms with Crippen LogP contribution in [0.3, 0.4) is 0 Å². The Hall–Kier alpha value is -3.68. The molecule has 2 fully saturated rings. The van der Waals surface area contributed by atoms with Gasteiger partial charge in [-0.1, -0.05) is 42.5 Å². The Labute approximate surface area is 192 Å². The van der Waals surface area contributed by atoms with Gasteiger partial charge in [0.1, 0.15) is 11.8 Å². The van der Waals surface area contributed by atoms with E-state index in [1.807, 2.05) is 36.4 Å². The molecule has 0 aromatic heterocycles. The number of esters is 1. The molecule has 0 saturated carbocycles. The predicted molar refractivity (Wildman–Crippen MR) is 123 cm³/mol. The molecule has 2 aliphatic rings. The zero-order chi connectivity index (χ0) is 22.9. The Morgan fingerprint density at radius 3 is 2.33 bits per heavy atom. The zero-order valence-electron chi connectivity index (χ0n) is 18.1. The molecule has 2 saturated heterocycles. The molecule has 3 N–H and O–H groups in total. The van der Waals surface area contributed by atoms with Crippen LogP contribution in [0.1, 0.15) is 40.5 Å². The van der Waals surface area contributed by atoms with Crippen LogP contribution in [0, 0.1) is 5.92 Å². The largest absolute Gasteiger partial charge is 0.508 e. The van der Waals surface area contributed by atoms with Crippen molar-refractivity contribution in [2.45, 2.75) is 25.0 Å². The number of fused-ring (bicyclic) bond motifs is 1. The first-order valence-corrected chi connectivity index (χ1v) is 11.0. The monoisotopic (exact) mass is 443 g/mol. The second kappa shape index (κ2) is 8.69. The van der Waals surface area contributed by atoms with E-state index < -0.39 is 12.0 Å². The highest BCUT2D eigenvalue weighted by molar-refractivity contribution is 6.02. The van der Waals surface area contributed by atoms with Crippen LogP contribution in [0.4, 0.5) is 5.69 Å². The van der Waals surface area contributed by atoms with E-state index in [1.165, 1.54) is 0 Å². The van der Waals surface area contributed by atoms with Crippen molar-refractivity contribution in [3.05, 3.63) is 95.6 Å². The summed E-state index contributed by atoms with van der Waals surface area (Å²) in [6, 6.07) is 23.1. The van der Waals surface area contributed by atoms with E-state index in [1.54, 1.807) is 54.3 Å². The van der Waals surface area contributed by atoms with E-state index in [0.717, 1.165) is 11.1 Å². The number of amides is 1. The van der Waals surface area contributed by atoms with Crippen LogP contribution in [0.25, 0.3) is 0 Å². The third kappa shape index (κ3) is 3.75. The average molecular weight is 444 g/mol. The van der Waals surface area contributed by atoms with Crippen molar-refractivity contribution < 1.29 is 19.4 Å². The lowest BCUT2D eigenvalue weighted by Gasteiger charge is -2.31. The van der Waals surface area contributed by atoms with Crippen molar-refractivity contribution >= 4 is 17.6 Å². The van der Waals surface area contributed by atoms with Gasteiger partial charge in [0.05, 0.1) is 24.3 Å². The minimum Gasteiger partial charge on any atom is -0.508 e. The third-order valence-electron chi connectivity index (χ3n) is 6.34. The fraction of sp³-hybridized carbons (Fsp3) is 0.231. The molecule has 2 aliphatic heterocycles. The molecule has 1 amide bonds. The summed E-state index contributed by atoms with van der Waals surface area (Å²) < 4.78 is 5.08. The van der Waals surface area contributed by atoms with Gasteiger partial charge in [-0.3, -0.25) is 4.79 Å². The molecule has 0 bridgehead atoms. The first-order chi connectivity index (χ1) is 16.1. The van der Waals surface area contributed by atoms with Gasteiger partial charge in [-0.25, -0.2) is 15.6 Å². The van der Waals surface area contributed by atoms with E-state index >= 15 is 0 Å². The van der Waals surface area contributed by atoms with E-state index in [2.05, 4.69) is 10.9 Å². The number of phenols is 1. The molecule has 0 aliphatic carbocycles. The number of hydrogen-bond donors (Lipinski definition) is 3. The lowest BCUT2D eigenvalue weighted by atomic mass is 9.83. The summed E-state index contributed by atoms with van der Waals surface area (Å²) in [6.07, 6.45) is 0. The molecule has 3 aromatic carbocycles. The van der Waals surface area contributed by atoms with Crippen molar-refractivity contribution in [2.24, 2.45) is 5.92 Å². The van der Waals surface area contributed by atoms with Crippen molar-refractivity contribution in [1.82, 2.24) is 10.9 Å². The number of nitrogens with zero attached hydrogens (tertiary/aromatic N) is 1. The van der Waals surface area contributed by atoms with Gasteiger partial charge < -0.3 is 14.7 Å². The lowest BCUT2D eigenvalue weighted by Crippen LogP contribution is -2.41. The van der Waals surface area contributed by atoms with Crippen LogP contribution in [-0.2, 0) is 9.53 Å². The highest BCUT2D eigenvalue weighted by Crippen LogP contribution is 2.49. The number of carbonyl (C=O) groups excluding carboxylic acids is 2. The van der Waals surface area contributed by atoms with Crippen molar-refractivity contribution in [1.29, 1.82) is 0 Å². The number of phenolic OH excluding ortho intramolecular Hbond substituents is 1. The third-order valence-corrected chi connectivity index (χ3v) is 6.34. The summed E-state index contributed by atoms with van der Waals surface area (Å²) in [4.78, 5) is 27.5. The lowest BCUT2D eigenvalue weighted by molar-refractivity contribution is -0.119. The number of hydrazine groups is 1. The van der Waals surface area contributed by atoms with E-state index in [-0.39, 0.29) is 29.7 Å². The number of aromatic hydroxyl groups is 1. The van der Waals surface area contributed by atoms with Gasteiger partial charge in [-0.15, -0.1) is 0 Å². The standard InChI is InChI=1S/C26H25N3O4/c1-2-33-26(32)17-11-13-19(14-12-17)29-24(18-9-6-10-20(30)15-18)21-22(16-7-4-3-5-8-16)27-28-23(21)25(29)31/h3-15,21-24,27-28,30H,2H2,1H3. The summed E-state index contributed by atoms with van der Waals surface area (Å²) >= 11 is 0. The van der Waals surface area contributed by atoms with Crippen molar-refractivity contribution in [3.8, 4) is 5.75 Å². The van der Waals surface area contributed by atoms with Gasteiger partial charge in [0.2, 0.25) is 5.91 Å². The van der Waals surface area contributed by atoms with Crippen LogP contribution >= 0.6 is 0 Å². The Morgan fingerprint density at radius 2 is 1.64 bits per heavy atom. The van der Waals surface area contributed by atoms with Crippen molar-refractivity contribution in [3.63, 3.8) is 0 Å². The predicted octanol–water partition coefficient (Wildman–Crippen LogP) is 3.49. The van der Waals surface area contributed by atoms with Crippen LogP contribution in [0.5, 0.6) is 5.75 Å². The normalized spacial score (nSPS) is 24.0. The molecule has 0 radical (unpaired) electrons. The Balaban J connectivity index is 1.57. The SMILES string of the molecule is CCOC(=O)c1ccc(N2C(=O)C3NNC(c4ccccc4)C3C2c2cccc(O)c2)cc1. The maximum absolute atomic E-state index is 13.6. The molecule has 7 heteroatoms.